The van der Waals surface area contributed by atoms with Crippen LogP contribution in [0.25, 0.3) is 10.8 Å². The monoisotopic (exact) mass is 841 g/mol. The molecule has 2 saturated carbocycles. The van der Waals surface area contributed by atoms with Gasteiger partial charge in [-0.15, -0.1) is 0 Å². The SMILES string of the molecule is COc1cnc(O[C@@H]2C[C@H]3C(=O)N[C@]4(C(=O)NS(=O)(=O)C5CC5)C[C@@H]4/C=C\[C@@H](C)CCC[C@@H](C)[C@H](NC(=O)OC(C)(C)C(F)(F)F)C(=O)N3C2)c2cccc(Cl)c12. The number of carbonyl (C=O) groups is 4. The molecule has 3 N–H and O–H groups in total. The van der Waals surface area contributed by atoms with Gasteiger partial charge in [0.15, 0.2) is 0 Å². The lowest BCUT2D eigenvalue weighted by Crippen LogP contribution is -2.59. The van der Waals surface area contributed by atoms with Gasteiger partial charge in [-0.3, -0.25) is 19.1 Å². The van der Waals surface area contributed by atoms with Crippen LogP contribution in [0.3, 0.4) is 0 Å². The van der Waals surface area contributed by atoms with Gasteiger partial charge < -0.3 is 29.7 Å². The van der Waals surface area contributed by atoms with Crippen LogP contribution in [0.1, 0.15) is 72.6 Å². The summed E-state index contributed by atoms with van der Waals surface area (Å²) in [6.07, 6.45) is 0.0451. The molecule has 1 aromatic carbocycles. The Balaban J connectivity index is 1.36. The first-order chi connectivity index (χ1) is 26.7. The van der Waals surface area contributed by atoms with Crippen LogP contribution in [0, 0.1) is 17.8 Å². The molecule has 0 radical (unpaired) electrons. The molecule has 312 valence electrons. The number of methoxy groups -OCH3 is 1. The number of benzene rings is 1. The Hall–Kier alpha value is -4.32. The number of amides is 4. The molecule has 2 aromatic rings. The first-order valence-corrected chi connectivity index (χ1v) is 20.8. The lowest BCUT2D eigenvalue weighted by Gasteiger charge is -2.33. The second-order valence-corrected chi connectivity index (χ2v) is 18.4. The van der Waals surface area contributed by atoms with E-state index in [9.17, 15) is 40.8 Å². The van der Waals surface area contributed by atoms with Crippen molar-refractivity contribution in [2.75, 3.05) is 13.7 Å². The van der Waals surface area contributed by atoms with Gasteiger partial charge in [0.2, 0.25) is 33.3 Å². The van der Waals surface area contributed by atoms with E-state index in [0.29, 0.717) is 67.5 Å². The summed E-state index contributed by atoms with van der Waals surface area (Å²) in [6.45, 7) is 4.73. The van der Waals surface area contributed by atoms with Gasteiger partial charge >= 0.3 is 12.3 Å². The topological polar surface area (TPSA) is 182 Å². The number of rotatable bonds is 8. The number of pyridine rings is 1. The Bertz CT molecular complexity index is 2060. The molecule has 19 heteroatoms. The molecular formula is C38H47ClF3N5O9S. The molecule has 0 bridgehead atoms. The molecule has 4 amide bonds. The summed E-state index contributed by atoms with van der Waals surface area (Å²) in [4.78, 5) is 61.6. The molecular weight excluding hydrogens is 795 g/mol. The zero-order valence-corrected chi connectivity index (χ0v) is 33.7. The van der Waals surface area contributed by atoms with E-state index >= 15 is 0 Å². The van der Waals surface area contributed by atoms with Crippen LogP contribution in [-0.2, 0) is 29.1 Å². The molecule has 2 aliphatic heterocycles. The van der Waals surface area contributed by atoms with Crippen LogP contribution in [0.4, 0.5) is 18.0 Å². The first kappa shape index (κ1) is 42.3. The smallest absolute Gasteiger partial charge is 0.427 e. The number of nitrogens with zero attached hydrogens (tertiary/aromatic N) is 2. The quantitative estimate of drug-likeness (QED) is 0.300. The van der Waals surface area contributed by atoms with Crippen molar-refractivity contribution in [2.45, 2.75) is 113 Å². The first-order valence-electron chi connectivity index (χ1n) is 18.9. The van der Waals surface area contributed by atoms with Crippen LogP contribution < -0.4 is 24.8 Å². The van der Waals surface area contributed by atoms with E-state index in [1.54, 1.807) is 31.2 Å². The van der Waals surface area contributed by atoms with Crippen LogP contribution in [0.2, 0.25) is 5.02 Å². The van der Waals surface area contributed by atoms with Crippen LogP contribution in [-0.4, -0.2) is 96.5 Å². The number of hydrogen-bond donors (Lipinski definition) is 3. The summed E-state index contributed by atoms with van der Waals surface area (Å²) in [5.41, 5.74) is -4.54. The van der Waals surface area contributed by atoms with Gasteiger partial charge in [-0.05, 0) is 69.9 Å². The number of carbonyl (C=O) groups excluding carboxylic acids is 4. The third kappa shape index (κ3) is 8.91. The summed E-state index contributed by atoms with van der Waals surface area (Å²) in [6, 6.07) is 2.26. The van der Waals surface area contributed by atoms with Gasteiger partial charge in [-0.1, -0.05) is 50.1 Å². The van der Waals surface area contributed by atoms with Crippen molar-refractivity contribution < 1.29 is 55.0 Å². The van der Waals surface area contributed by atoms with E-state index in [0.717, 1.165) is 4.90 Å². The lowest BCUT2D eigenvalue weighted by molar-refractivity contribution is -0.244. The minimum Gasteiger partial charge on any atom is -0.494 e. The summed E-state index contributed by atoms with van der Waals surface area (Å²) >= 11 is 6.50. The number of hydrogen-bond acceptors (Lipinski definition) is 10. The van der Waals surface area contributed by atoms with Gasteiger partial charge in [-0.2, -0.15) is 13.2 Å². The fourth-order valence-electron chi connectivity index (χ4n) is 7.37. The van der Waals surface area contributed by atoms with Crippen molar-refractivity contribution in [1.29, 1.82) is 0 Å². The molecule has 0 unspecified atom stereocenters. The fourth-order valence-corrected chi connectivity index (χ4v) is 9.00. The van der Waals surface area contributed by atoms with Gasteiger partial charge in [0.25, 0.3) is 5.91 Å². The largest absolute Gasteiger partial charge is 0.494 e. The summed E-state index contributed by atoms with van der Waals surface area (Å²) in [5.74, 6) is -3.24. The van der Waals surface area contributed by atoms with Crippen LogP contribution >= 0.6 is 11.6 Å². The normalized spacial score (nSPS) is 29.2. The highest BCUT2D eigenvalue weighted by Gasteiger charge is 2.62. The van der Waals surface area contributed by atoms with E-state index in [1.807, 2.05) is 13.0 Å². The average Bonchev–Trinajstić information content (AvgIpc) is 4.05. The molecule has 0 spiro atoms. The second-order valence-electron chi connectivity index (χ2n) is 16.0. The van der Waals surface area contributed by atoms with E-state index < -0.39 is 86.4 Å². The van der Waals surface area contributed by atoms with Crippen molar-refractivity contribution >= 4 is 56.2 Å². The number of fused-ring (bicyclic) bond motifs is 3. The Morgan fingerprint density at radius 2 is 1.81 bits per heavy atom. The number of allylic oxidation sites excluding steroid dienone is 1. The maximum atomic E-state index is 14.7. The predicted molar refractivity (Wildman–Crippen MR) is 202 cm³/mol. The highest BCUT2D eigenvalue weighted by Crippen LogP contribution is 2.46. The molecule has 3 fully saturated rings. The number of alkyl halides is 3. The van der Waals surface area contributed by atoms with E-state index in [4.69, 9.17) is 25.8 Å². The number of alkyl carbamates (subject to hydrolysis) is 1. The van der Waals surface area contributed by atoms with Crippen LogP contribution in [0.5, 0.6) is 11.6 Å². The Labute approximate surface area is 333 Å². The molecule has 1 aromatic heterocycles. The maximum Gasteiger partial charge on any atom is 0.427 e. The Morgan fingerprint density at radius 1 is 1.09 bits per heavy atom. The highest BCUT2D eigenvalue weighted by molar-refractivity contribution is 7.91. The highest BCUT2D eigenvalue weighted by atomic mass is 35.5. The number of ether oxygens (including phenoxy) is 3. The minimum atomic E-state index is -4.92. The number of nitrogens with one attached hydrogen (secondary N) is 3. The minimum absolute atomic E-state index is 0.0344. The van der Waals surface area contributed by atoms with Crippen LogP contribution in [0.15, 0.2) is 36.5 Å². The van der Waals surface area contributed by atoms with Gasteiger partial charge in [0.05, 0.1) is 30.1 Å². The van der Waals surface area contributed by atoms with Crippen molar-refractivity contribution in [2.24, 2.45) is 17.8 Å². The molecule has 6 rings (SSSR count). The van der Waals surface area contributed by atoms with Crippen molar-refractivity contribution in [3.8, 4) is 11.6 Å². The molecule has 1 saturated heterocycles. The average molecular weight is 842 g/mol. The zero-order chi connectivity index (χ0) is 41.7. The lowest BCUT2D eigenvalue weighted by atomic mass is 9.92. The summed E-state index contributed by atoms with van der Waals surface area (Å²) in [7, 11) is -2.54. The third-order valence-corrected chi connectivity index (χ3v) is 13.4. The molecule has 2 aliphatic carbocycles. The molecule has 3 heterocycles. The number of sulfonamides is 1. The predicted octanol–water partition coefficient (Wildman–Crippen LogP) is 5.18. The van der Waals surface area contributed by atoms with Gasteiger partial charge in [0.1, 0.15) is 29.5 Å². The number of halogens is 4. The standard InChI is InChI=1S/C38H47ClF3N5O9S/c1-20-8-6-9-21(2)30(44-35(51)56-36(3,4)38(40,41)42)33(49)47-19-23(55-32-25-10-7-11-26(39)29(25)28(54-5)18-43-32)16-27(47)31(48)45-37(17-22(37)13-12-20)34(50)46-57(52,53)24-14-15-24/h7,10-13,18,20-24,27,30H,6,8-9,14-17,19H2,1-5H3,(H,44,51)(H,45,48)(H,46,50)/b13-12-/t20-,21+,22-,23+,27-,30-,37+/m0/s1. The van der Waals surface area contributed by atoms with E-state index in [1.165, 1.54) is 13.3 Å². The van der Waals surface area contributed by atoms with E-state index in [-0.39, 0.29) is 31.2 Å². The number of aromatic nitrogens is 1. The maximum absolute atomic E-state index is 14.7. The molecule has 7 atom stereocenters. The molecule has 4 aliphatic rings. The van der Waals surface area contributed by atoms with Gasteiger partial charge in [-0.25, -0.2) is 18.2 Å². The third-order valence-electron chi connectivity index (χ3n) is 11.2. The Kier molecular flexibility index (Phi) is 11.7. The van der Waals surface area contributed by atoms with Crippen molar-refractivity contribution in [3.63, 3.8) is 0 Å². The molecule has 57 heavy (non-hydrogen) atoms. The summed E-state index contributed by atoms with van der Waals surface area (Å²) < 4.78 is 85.6. The fraction of sp³-hybridized carbons (Fsp3) is 0.605. The van der Waals surface area contributed by atoms with Gasteiger partial charge in [0, 0.05) is 23.1 Å². The second kappa shape index (κ2) is 15.8. The van der Waals surface area contributed by atoms with Crippen molar-refractivity contribution in [1.82, 2.24) is 25.2 Å². The Morgan fingerprint density at radius 3 is 2.47 bits per heavy atom. The molecule has 14 nitrogen and oxygen atoms in total. The van der Waals surface area contributed by atoms with Crippen molar-refractivity contribution in [3.05, 3.63) is 41.6 Å². The van der Waals surface area contributed by atoms with E-state index in [2.05, 4.69) is 20.3 Å². The summed E-state index contributed by atoms with van der Waals surface area (Å²) in [5, 5.41) is 5.75. The zero-order valence-electron chi connectivity index (χ0n) is 32.2.